The quantitative estimate of drug-likeness (QED) is 0.441. The molecule has 8 nitrogen and oxygen atoms in total. The molecule has 0 aliphatic carbocycles. The van der Waals surface area contributed by atoms with E-state index < -0.39 is 21.9 Å². The standard InChI is InChI=1S/C25H35N3O5S2/c1-5-9-15-28(7-3)35(31,32)19-12-10-18(11-13-19)23(29)26-24-22(25(30)33-8-4)20-14-16-27(6-2)17-21(20)34-24/h10-13H,5-9,14-17H2,1-4H3,(H,26,29). The van der Waals surface area contributed by atoms with E-state index in [1.54, 1.807) is 6.92 Å². The number of sulfonamides is 1. The number of fused-ring (bicyclic) bond motifs is 1. The molecule has 0 saturated carbocycles. The molecule has 0 atom stereocenters. The smallest absolute Gasteiger partial charge is 0.341 e. The van der Waals surface area contributed by atoms with E-state index in [2.05, 4.69) is 17.1 Å². The predicted octanol–water partition coefficient (Wildman–Crippen LogP) is 4.37. The molecule has 2 heterocycles. The Labute approximate surface area is 212 Å². The van der Waals surface area contributed by atoms with Gasteiger partial charge in [0.05, 0.1) is 17.1 Å². The number of esters is 1. The summed E-state index contributed by atoms with van der Waals surface area (Å²) >= 11 is 1.40. The molecule has 1 aliphatic rings. The van der Waals surface area contributed by atoms with Crippen LogP contribution in [0.5, 0.6) is 0 Å². The lowest BCUT2D eigenvalue weighted by atomic mass is 10.0. The summed E-state index contributed by atoms with van der Waals surface area (Å²) in [5.41, 5.74) is 1.70. The first-order chi connectivity index (χ1) is 16.8. The van der Waals surface area contributed by atoms with E-state index in [-0.39, 0.29) is 11.5 Å². The van der Waals surface area contributed by atoms with E-state index in [4.69, 9.17) is 4.74 Å². The maximum absolute atomic E-state index is 13.0. The second kappa shape index (κ2) is 12.1. The van der Waals surface area contributed by atoms with Gasteiger partial charge in [0.1, 0.15) is 5.00 Å². The third-order valence-corrected chi connectivity index (χ3v) is 9.28. The molecule has 192 valence electrons. The largest absolute Gasteiger partial charge is 0.462 e. The Morgan fingerprint density at radius 2 is 1.86 bits per heavy atom. The monoisotopic (exact) mass is 521 g/mol. The molecule has 10 heteroatoms. The molecule has 1 amide bonds. The minimum Gasteiger partial charge on any atom is -0.462 e. The van der Waals surface area contributed by atoms with Gasteiger partial charge in [-0.1, -0.05) is 27.2 Å². The third-order valence-electron chi connectivity index (χ3n) is 6.16. The first-order valence-electron chi connectivity index (χ1n) is 12.2. The lowest BCUT2D eigenvalue weighted by Gasteiger charge is -2.25. The number of unbranched alkanes of at least 4 members (excludes halogenated alkanes) is 1. The molecule has 1 aromatic heterocycles. The van der Waals surface area contributed by atoms with Crippen LogP contribution in [0, 0.1) is 0 Å². The maximum Gasteiger partial charge on any atom is 0.341 e. The number of likely N-dealkylation sites (N-methyl/N-ethyl adjacent to an activating group) is 1. The first-order valence-corrected chi connectivity index (χ1v) is 14.5. The van der Waals surface area contributed by atoms with Gasteiger partial charge in [0.25, 0.3) is 5.91 Å². The summed E-state index contributed by atoms with van der Waals surface area (Å²) in [6.45, 7) is 11.3. The molecular weight excluding hydrogens is 486 g/mol. The number of hydrogen-bond donors (Lipinski definition) is 1. The molecule has 0 saturated heterocycles. The average Bonchev–Trinajstić information content (AvgIpc) is 3.21. The van der Waals surface area contributed by atoms with Crippen molar-refractivity contribution in [3.63, 3.8) is 0 Å². The Hall–Kier alpha value is -2.27. The third kappa shape index (κ3) is 6.11. The SMILES string of the molecule is CCCCN(CC)S(=O)(=O)c1ccc(C(=O)Nc2sc3c(c2C(=O)OCC)CCN(CC)C3)cc1. The molecule has 0 radical (unpaired) electrons. The van der Waals surface area contributed by atoms with Crippen molar-refractivity contribution >= 4 is 38.2 Å². The fourth-order valence-corrected chi connectivity index (χ4v) is 6.88. The van der Waals surface area contributed by atoms with Crippen LogP contribution in [0.2, 0.25) is 0 Å². The zero-order valence-corrected chi connectivity index (χ0v) is 22.6. The zero-order chi connectivity index (χ0) is 25.6. The zero-order valence-electron chi connectivity index (χ0n) is 20.9. The molecule has 1 aliphatic heterocycles. The molecule has 0 unspecified atom stereocenters. The number of thiophene rings is 1. The van der Waals surface area contributed by atoms with Crippen molar-refractivity contribution in [2.75, 3.05) is 38.1 Å². The summed E-state index contributed by atoms with van der Waals surface area (Å²) < 4.78 is 32.6. The number of anilines is 1. The Morgan fingerprint density at radius 1 is 1.14 bits per heavy atom. The van der Waals surface area contributed by atoms with Gasteiger partial charge in [0.15, 0.2) is 0 Å². The van der Waals surface area contributed by atoms with Crippen molar-refractivity contribution < 1.29 is 22.7 Å². The summed E-state index contributed by atoms with van der Waals surface area (Å²) in [5.74, 6) is -0.831. The number of rotatable bonds is 11. The van der Waals surface area contributed by atoms with Gasteiger partial charge in [0.2, 0.25) is 10.0 Å². The molecule has 0 fully saturated rings. The first kappa shape index (κ1) is 27.3. The molecular formula is C25H35N3O5S2. The van der Waals surface area contributed by atoms with E-state index in [1.165, 1.54) is 39.9 Å². The topological polar surface area (TPSA) is 96.0 Å². The number of nitrogens with one attached hydrogen (secondary N) is 1. The van der Waals surface area contributed by atoms with Gasteiger partial charge < -0.3 is 10.1 Å². The van der Waals surface area contributed by atoms with Crippen molar-refractivity contribution in [2.45, 2.75) is 58.4 Å². The van der Waals surface area contributed by atoms with Crippen molar-refractivity contribution in [2.24, 2.45) is 0 Å². The highest BCUT2D eigenvalue weighted by Gasteiger charge is 2.29. The summed E-state index contributed by atoms with van der Waals surface area (Å²) in [7, 11) is -3.62. The number of hydrogen-bond acceptors (Lipinski definition) is 7. The molecule has 2 aromatic rings. The lowest BCUT2D eigenvalue weighted by molar-refractivity contribution is 0.0526. The maximum atomic E-state index is 13.0. The number of nitrogens with zero attached hydrogens (tertiary/aromatic N) is 2. The van der Waals surface area contributed by atoms with Gasteiger partial charge in [-0.3, -0.25) is 9.69 Å². The summed E-state index contributed by atoms with van der Waals surface area (Å²) in [6.07, 6.45) is 2.42. The summed E-state index contributed by atoms with van der Waals surface area (Å²) in [5, 5.41) is 3.35. The minimum absolute atomic E-state index is 0.158. The van der Waals surface area contributed by atoms with Gasteiger partial charge in [-0.15, -0.1) is 11.3 Å². The Balaban J connectivity index is 1.83. The van der Waals surface area contributed by atoms with E-state index >= 15 is 0 Å². The van der Waals surface area contributed by atoms with Gasteiger partial charge in [-0.05, 0) is 56.1 Å². The van der Waals surface area contributed by atoms with E-state index in [1.807, 2.05) is 13.8 Å². The van der Waals surface area contributed by atoms with Crippen molar-refractivity contribution in [3.8, 4) is 0 Å². The number of carbonyl (C=O) groups excluding carboxylic acids is 2. The highest BCUT2D eigenvalue weighted by molar-refractivity contribution is 7.89. The van der Waals surface area contributed by atoms with Crippen LogP contribution in [0.1, 0.15) is 71.7 Å². The predicted molar refractivity (Wildman–Crippen MR) is 139 cm³/mol. The Morgan fingerprint density at radius 3 is 2.46 bits per heavy atom. The highest BCUT2D eigenvalue weighted by Crippen LogP contribution is 2.38. The molecule has 1 aromatic carbocycles. The van der Waals surface area contributed by atoms with Gasteiger partial charge in [-0.25, -0.2) is 13.2 Å². The summed E-state index contributed by atoms with van der Waals surface area (Å²) in [6, 6.07) is 5.94. The lowest BCUT2D eigenvalue weighted by Crippen LogP contribution is -2.31. The van der Waals surface area contributed by atoms with Crippen LogP contribution in [-0.4, -0.2) is 62.3 Å². The Bertz CT molecular complexity index is 1140. The summed E-state index contributed by atoms with van der Waals surface area (Å²) in [4.78, 5) is 29.3. The molecule has 1 N–H and O–H groups in total. The van der Waals surface area contributed by atoms with Crippen molar-refractivity contribution in [3.05, 3.63) is 45.8 Å². The molecule has 0 spiro atoms. The molecule has 3 rings (SSSR count). The normalized spacial score (nSPS) is 14.1. The van der Waals surface area contributed by atoms with Gasteiger partial charge in [0, 0.05) is 36.6 Å². The van der Waals surface area contributed by atoms with Crippen LogP contribution in [0.15, 0.2) is 29.2 Å². The van der Waals surface area contributed by atoms with Crippen LogP contribution >= 0.6 is 11.3 Å². The number of amides is 1. The number of carbonyl (C=O) groups is 2. The van der Waals surface area contributed by atoms with Crippen LogP contribution < -0.4 is 5.32 Å². The number of ether oxygens (including phenoxy) is 1. The van der Waals surface area contributed by atoms with Crippen LogP contribution in [-0.2, 0) is 27.7 Å². The minimum atomic E-state index is -3.62. The van der Waals surface area contributed by atoms with Crippen LogP contribution in [0.4, 0.5) is 5.00 Å². The van der Waals surface area contributed by atoms with Crippen molar-refractivity contribution in [1.82, 2.24) is 9.21 Å². The second-order valence-corrected chi connectivity index (χ2v) is 11.4. The van der Waals surface area contributed by atoms with Gasteiger partial charge >= 0.3 is 5.97 Å². The van der Waals surface area contributed by atoms with Crippen molar-refractivity contribution in [1.29, 1.82) is 0 Å². The van der Waals surface area contributed by atoms with Crippen LogP contribution in [0.25, 0.3) is 0 Å². The molecule has 35 heavy (non-hydrogen) atoms. The van der Waals surface area contributed by atoms with E-state index in [0.29, 0.717) is 29.2 Å². The highest BCUT2D eigenvalue weighted by atomic mass is 32.2. The fourth-order valence-electron chi connectivity index (χ4n) is 4.12. The average molecular weight is 522 g/mol. The van der Waals surface area contributed by atoms with Crippen LogP contribution in [0.3, 0.4) is 0 Å². The Kier molecular flexibility index (Phi) is 9.46. The van der Waals surface area contributed by atoms with E-state index in [9.17, 15) is 18.0 Å². The van der Waals surface area contributed by atoms with Gasteiger partial charge in [-0.2, -0.15) is 4.31 Å². The second-order valence-electron chi connectivity index (χ2n) is 8.38. The molecule has 0 bridgehead atoms. The van der Waals surface area contributed by atoms with E-state index in [0.717, 1.165) is 49.3 Å². The fraction of sp³-hybridized carbons (Fsp3) is 0.520. The number of benzene rings is 1.